The molecule has 0 saturated heterocycles. The minimum atomic E-state index is 0.520. The Morgan fingerprint density at radius 2 is 2.00 bits per heavy atom. The van der Waals surface area contributed by atoms with Crippen molar-refractivity contribution in [2.24, 2.45) is 5.90 Å². The third kappa shape index (κ3) is 2.44. The average Bonchev–Trinajstić information content (AvgIpc) is 2.08. The molecule has 3 nitrogen and oxygen atoms in total. The number of aryl methyl sites for hydroxylation is 1. The highest BCUT2D eigenvalue weighted by Crippen LogP contribution is 2.23. The van der Waals surface area contributed by atoms with Gasteiger partial charge in [-0.2, -0.15) is 5.90 Å². The fraction of sp³-hybridized carbons (Fsp3) is 0.400. The first-order valence-corrected chi connectivity index (χ1v) is 4.29. The van der Waals surface area contributed by atoms with Gasteiger partial charge in [0.05, 0.1) is 0 Å². The van der Waals surface area contributed by atoms with E-state index < -0.39 is 0 Å². The highest BCUT2D eigenvalue weighted by atomic mass is 17.3. The van der Waals surface area contributed by atoms with Crippen LogP contribution in [0.15, 0.2) is 18.2 Å². The average molecular weight is 181 g/mol. The fourth-order valence-electron chi connectivity index (χ4n) is 1.18. The molecule has 0 heterocycles. The lowest BCUT2D eigenvalue weighted by molar-refractivity contribution is -0.211. The Hall–Kier alpha value is -1.06. The molecule has 72 valence electrons. The summed E-state index contributed by atoms with van der Waals surface area (Å²) in [5, 5.41) is 0. The molecule has 0 aromatic heterocycles. The molecular weight excluding hydrogens is 166 g/mol. The maximum absolute atomic E-state index is 4.81. The van der Waals surface area contributed by atoms with E-state index >= 15 is 0 Å². The fourth-order valence-corrected chi connectivity index (χ4v) is 1.18. The first-order valence-electron chi connectivity index (χ1n) is 4.29. The molecule has 0 atom stereocenters. The summed E-state index contributed by atoms with van der Waals surface area (Å²) < 4.78 is 0. The van der Waals surface area contributed by atoms with E-state index in [1.54, 1.807) is 0 Å². The summed E-state index contributed by atoms with van der Waals surface area (Å²) >= 11 is 0. The van der Waals surface area contributed by atoms with E-state index in [9.17, 15) is 0 Å². The predicted molar refractivity (Wildman–Crippen MR) is 51.2 cm³/mol. The summed E-state index contributed by atoms with van der Waals surface area (Å²) in [5.41, 5.74) is 2.30. The minimum absolute atomic E-state index is 0.520. The second-order valence-electron chi connectivity index (χ2n) is 3.36. The molecule has 1 aromatic carbocycles. The van der Waals surface area contributed by atoms with Crippen LogP contribution < -0.4 is 10.8 Å². The zero-order valence-electron chi connectivity index (χ0n) is 8.20. The molecule has 0 bridgehead atoms. The van der Waals surface area contributed by atoms with Crippen LogP contribution in [0.3, 0.4) is 0 Å². The number of nitrogens with two attached hydrogens (primary N) is 1. The molecule has 0 amide bonds. The summed E-state index contributed by atoms with van der Waals surface area (Å²) in [7, 11) is 0. The molecule has 0 saturated carbocycles. The molecular formula is C10H15NO2. The SMILES string of the molecule is Cc1cc(C(C)C)ccc1OON. The number of benzene rings is 1. The van der Waals surface area contributed by atoms with Gasteiger partial charge in [-0.05, 0) is 30.0 Å². The Labute approximate surface area is 78.3 Å². The van der Waals surface area contributed by atoms with Crippen LogP contribution >= 0.6 is 0 Å². The molecule has 2 N–H and O–H groups in total. The quantitative estimate of drug-likeness (QED) is 0.574. The van der Waals surface area contributed by atoms with Crippen molar-refractivity contribution in [1.82, 2.24) is 0 Å². The van der Waals surface area contributed by atoms with Gasteiger partial charge in [-0.25, -0.2) is 0 Å². The normalized spacial score (nSPS) is 10.5. The lowest BCUT2D eigenvalue weighted by Crippen LogP contribution is -2.04. The zero-order valence-corrected chi connectivity index (χ0v) is 8.20. The van der Waals surface area contributed by atoms with Crippen LogP contribution in [0.5, 0.6) is 5.75 Å². The van der Waals surface area contributed by atoms with Gasteiger partial charge in [-0.1, -0.05) is 31.0 Å². The van der Waals surface area contributed by atoms with Gasteiger partial charge in [0.25, 0.3) is 0 Å². The molecule has 0 aliphatic rings. The number of hydrogen-bond donors (Lipinski definition) is 1. The van der Waals surface area contributed by atoms with Crippen LogP contribution in [-0.4, -0.2) is 0 Å². The van der Waals surface area contributed by atoms with Crippen LogP contribution in [0.25, 0.3) is 0 Å². The minimum Gasteiger partial charge on any atom is -0.319 e. The Balaban J connectivity index is 2.92. The van der Waals surface area contributed by atoms with E-state index in [0.29, 0.717) is 11.7 Å². The first kappa shape index (κ1) is 10.0. The molecule has 0 spiro atoms. The summed E-state index contributed by atoms with van der Waals surface area (Å²) in [6.45, 7) is 6.25. The van der Waals surface area contributed by atoms with Crippen molar-refractivity contribution in [3.63, 3.8) is 0 Å². The van der Waals surface area contributed by atoms with E-state index in [4.69, 9.17) is 10.8 Å². The van der Waals surface area contributed by atoms with Gasteiger partial charge in [0.1, 0.15) is 0 Å². The van der Waals surface area contributed by atoms with Crippen LogP contribution in [0.2, 0.25) is 0 Å². The van der Waals surface area contributed by atoms with Gasteiger partial charge in [0, 0.05) is 0 Å². The highest BCUT2D eigenvalue weighted by Gasteiger charge is 2.04. The molecule has 3 heteroatoms. The third-order valence-electron chi connectivity index (χ3n) is 2.00. The van der Waals surface area contributed by atoms with Crippen molar-refractivity contribution in [1.29, 1.82) is 0 Å². The Bertz CT molecular complexity index is 284. The molecule has 13 heavy (non-hydrogen) atoms. The molecule has 0 aliphatic carbocycles. The monoisotopic (exact) mass is 181 g/mol. The molecule has 1 rings (SSSR count). The van der Waals surface area contributed by atoms with Gasteiger partial charge in [0.2, 0.25) is 0 Å². The van der Waals surface area contributed by atoms with Crippen LogP contribution in [0.4, 0.5) is 0 Å². The van der Waals surface area contributed by atoms with Crippen molar-refractivity contribution >= 4 is 0 Å². The Morgan fingerprint density at radius 3 is 2.46 bits per heavy atom. The van der Waals surface area contributed by atoms with Crippen molar-refractivity contribution in [2.75, 3.05) is 0 Å². The maximum Gasteiger partial charge on any atom is 0.170 e. The molecule has 0 fully saturated rings. The van der Waals surface area contributed by atoms with Crippen molar-refractivity contribution in [2.45, 2.75) is 26.7 Å². The highest BCUT2D eigenvalue weighted by molar-refractivity contribution is 5.36. The molecule has 0 radical (unpaired) electrons. The predicted octanol–water partition coefficient (Wildman–Crippen LogP) is 2.30. The lowest BCUT2D eigenvalue weighted by Gasteiger charge is -2.09. The van der Waals surface area contributed by atoms with Gasteiger partial charge in [-0.15, -0.1) is 0 Å². The summed E-state index contributed by atoms with van der Waals surface area (Å²) in [5.74, 6) is 5.98. The van der Waals surface area contributed by atoms with Crippen LogP contribution in [-0.2, 0) is 4.99 Å². The van der Waals surface area contributed by atoms with Gasteiger partial charge in [-0.3, -0.25) is 0 Å². The van der Waals surface area contributed by atoms with Crippen LogP contribution in [0, 0.1) is 6.92 Å². The number of hydrogen-bond acceptors (Lipinski definition) is 3. The van der Waals surface area contributed by atoms with Crippen molar-refractivity contribution in [3.05, 3.63) is 29.3 Å². The molecule has 0 aliphatic heterocycles. The Morgan fingerprint density at radius 1 is 1.31 bits per heavy atom. The van der Waals surface area contributed by atoms with Crippen molar-refractivity contribution < 1.29 is 9.88 Å². The van der Waals surface area contributed by atoms with E-state index in [0.717, 1.165) is 5.56 Å². The second kappa shape index (κ2) is 4.25. The van der Waals surface area contributed by atoms with Crippen molar-refractivity contribution in [3.8, 4) is 5.75 Å². The third-order valence-corrected chi connectivity index (χ3v) is 2.00. The van der Waals surface area contributed by atoms with E-state index in [2.05, 4.69) is 24.9 Å². The summed E-state index contributed by atoms with van der Waals surface area (Å²) in [6.07, 6.45) is 0. The lowest BCUT2D eigenvalue weighted by atomic mass is 10.0. The maximum atomic E-state index is 4.81. The van der Waals surface area contributed by atoms with Crippen LogP contribution in [0.1, 0.15) is 30.9 Å². The topological polar surface area (TPSA) is 44.5 Å². The zero-order chi connectivity index (χ0) is 9.84. The smallest absolute Gasteiger partial charge is 0.170 e. The Kier molecular flexibility index (Phi) is 3.28. The van der Waals surface area contributed by atoms with Gasteiger partial charge < -0.3 is 4.89 Å². The second-order valence-corrected chi connectivity index (χ2v) is 3.36. The van der Waals surface area contributed by atoms with E-state index in [1.165, 1.54) is 5.56 Å². The van der Waals surface area contributed by atoms with Gasteiger partial charge >= 0.3 is 0 Å². The first-order chi connectivity index (χ1) is 6.15. The number of rotatable bonds is 3. The van der Waals surface area contributed by atoms with E-state index in [-0.39, 0.29) is 0 Å². The molecule has 0 unspecified atom stereocenters. The summed E-state index contributed by atoms with van der Waals surface area (Å²) in [4.78, 5) is 8.86. The standard InChI is InChI=1S/C10H15NO2/c1-7(2)9-4-5-10(12-13-11)8(3)6-9/h4-7H,11H2,1-3H3. The van der Waals surface area contributed by atoms with Gasteiger partial charge in [0.15, 0.2) is 5.75 Å². The van der Waals surface area contributed by atoms with E-state index in [1.807, 2.05) is 19.1 Å². The largest absolute Gasteiger partial charge is 0.319 e. The molecule has 1 aromatic rings. The summed E-state index contributed by atoms with van der Waals surface area (Å²) in [6, 6.07) is 5.93.